The Morgan fingerprint density at radius 2 is 1.72 bits per heavy atom. The van der Waals surface area contributed by atoms with Gasteiger partial charge in [0, 0.05) is 5.56 Å². The highest BCUT2D eigenvalue weighted by atomic mass is 16.5. The van der Waals surface area contributed by atoms with Crippen LogP contribution in [0.4, 0.5) is 0 Å². The Kier molecular flexibility index (Phi) is 2.33. The molecule has 0 aromatic heterocycles. The van der Waals surface area contributed by atoms with Crippen LogP contribution < -0.4 is 9.47 Å². The number of ketones is 1. The van der Waals surface area contributed by atoms with Crippen molar-refractivity contribution in [3.05, 3.63) is 47.5 Å². The monoisotopic (exact) mass is 240 g/mol. The van der Waals surface area contributed by atoms with Gasteiger partial charge in [-0.1, -0.05) is 12.1 Å². The minimum Gasteiger partial charge on any atom is -0.497 e. The maximum atomic E-state index is 12.3. The Hall–Kier alpha value is -2.29. The molecule has 0 unspecified atom stereocenters. The van der Waals surface area contributed by atoms with Gasteiger partial charge in [0.2, 0.25) is 0 Å². The van der Waals surface area contributed by atoms with E-state index in [1.165, 1.54) is 0 Å². The van der Waals surface area contributed by atoms with Gasteiger partial charge >= 0.3 is 0 Å². The van der Waals surface area contributed by atoms with Gasteiger partial charge in [0.25, 0.3) is 0 Å². The van der Waals surface area contributed by atoms with E-state index >= 15 is 0 Å². The van der Waals surface area contributed by atoms with Gasteiger partial charge in [-0.05, 0) is 35.4 Å². The van der Waals surface area contributed by atoms with Crippen LogP contribution in [0.3, 0.4) is 0 Å². The zero-order chi connectivity index (χ0) is 12.7. The first-order valence-corrected chi connectivity index (χ1v) is 5.66. The molecule has 0 saturated carbocycles. The molecule has 0 spiro atoms. The van der Waals surface area contributed by atoms with Crippen molar-refractivity contribution in [2.45, 2.75) is 0 Å². The quantitative estimate of drug-likeness (QED) is 0.691. The van der Waals surface area contributed by atoms with Crippen LogP contribution in [0.25, 0.3) is 11.1 Å². The summed E-state index contributed by atoms with van der Waals surface area (Å²) < 4.78 is 10.5. The highest BCUT2D eigenvalue weighted by Gasteiger charge is 2.29. The zero-order valence-corrected chi connectivity index (χ0v) is 10.2. The first-order chi connectivity index (χ1) is 8.76. The van der Waals surface area contributed by atoms with Gasteiger partial charge in [-0.2, -0.15) is 0 Å². The maximum Gasteiger partial charge on any atom is 0.198 e. The van der Waals surface area contributed by atoms with Crippen molar-refractivity contribution in [1.82, 2.24) is 0 Å². The van der Waals surface area contributed by atoms with Crippen LogP contribution >= 0.6 is 0 Å². The summed E-state index contributed by atoms with van der Waals surface area (Å²) in [6.45, 7) is 0. The predicted molar refractivity (Wildman–Crippen MR) is 68.4 cm³/mol. The number of benzene rings is 2. The lowest BCUT2D eigenvalue weighted by atomic mass is 10.1. The fourth-order valence-electron chi connectivity index (χ4n) is 2.37. The van der Waals surface area contributed by atoms with E-state index in [1.807, 2.05) is 18.2 Å². The molecule has 0 saturated heterocycles. The zero-order valence-electron chi connectivity index (χ0n) is 10.2. The molecule has 1 aliphatic carbocycles. The Labute approximate surface area is 105 Å². The number of carbonyl (C=O) groups excluding carboxylic acids is 1. The fraction of sp³-hybridized carbons (Fsp3) is 0.133. The summed E-state index contributed by atoms with van der Waals surface area (Å²) >= 11 is 0. The third kappa shape index (κ3) is 1.34. The molecule has 1 aliphatic rings. The molecular weight excluding hydrogens is 228 g/mol. The van der Waals surface area contributed by atoms with E-state index < -0.39 is 0 Å². The van der Waals surface area contributed by atoms with Gasteiger partial charge < -0.3 is 9.47 Å². The number of ether oxygens (including phenoxy) is 2. The fourth-order valence-corrected chi connectivity index (χ4v) is 2.37. The van der Waals surface area contributed by atoms with Gasteiger partial charge in [0.05, 0.1) is 19.8 Å². The van der Waals surface area contributed by atoms with Crippen molar-refractivity contribution >= 4 is 5.78 Å². The van der Waals surface area contributed by atoms with E-state index in [0.29, 0.717) is 16.9 Å². The number of hydrogen-bond acceptors (Lipinski definition) is 3. The molecule has 18 heavy (non-hydrogen) atoms. The third-order valence-corrected chi connectivity index (χ3v) is 3.23. The summed E-state index contributed by atoms with van der Waals surface area (Å²) in [7, 11) is 3.19. The van der Waals surface area contributed by atoms with E-state index in [9.17, 15) is 4.79 Å². The molecule has 2 aromatic carbocycles. The van der Waals surface area contributed by atoms with Crippen LogP contribution in [0.15, 0.2) is 36.4 Å². The number of rotatable bonds is 2. The molecule has 0 aliphatic heterocycles. The molecule has 0 radical (unpaired) electrons. The normalized spacial score (nSPS) is 12.0. The Morgan fingerprint density at radius 1 is 0.889 bits per heavy atom. The SMILES string of the molecule is COc1ccc2c(c1)-c1cccc(OC)c1C2=O. The van der Waals surface area contributed by atoms with E-state index in [2.05, 4.69) is 0 Å². The van der Waals surface area contributed by atoms with Crippen molar-refractivity contribution in [3.63, 3.8) is 0 Å². The molecule has 0 N–H and O–H groups in total. The highest BCUT2D eigenvalue weighted by molar-refractivity contribution is 6.23. The van der Waals surface area contributed by atoms with E-state index in [0.717, 1.165) is 16.9 Å². The molecular formula is C15H12O3. The third-order valence-electron chi connectivity index (χ3n) is 3.23. The first-order valence-electron chi connectivity index (χ1n) is 5.66. The molecule has 0 bridgehead atoms. The number of carbonyl (C=O) groups is 1. The summed E-state index contributed by atoms with van der Waals surface area (Å²) in [5.41, 5.74) is 3.17. The Bertz CT molecular complexity index is 644. The summed E-state index contributed by atoms with van der Waals surface area (Å²) in [6, 6.07) is 11.1. The molecule has 0 fully saturated rings. The minimum absolute atomic E-state index is 0.0140. The lowest BCUT2D eigenvalue weighted by Crippen LogP contribution is -1.98. The van der Waals surface area contributed by atoms with Gasteiger partial charge in [-0.25, -0.2) is 0 Å². The van der Waals surface area contributed by atoms with Gasteiger partial charge in [0.1, 0.15) is 11.5 Å². The van der Waals surface area contributed by atoms with Gasteiger partial charge in [-0.15, -0.1) is 0 Å². The Balaban J connectivity index is 2.30. The number of fused-ring (bicyclic) bond motifs is 3. The topological polar surface area (TPSA) is 35.5 Å². The van der Waals surface area contributed by atoms with Crippen molar-refractivity contribution in [2.75, 3.05) is 14.2 Å². The Morgan fingerprint density at radius 3 is 2.44 bits per heavy atom. The van der Waals surface area contributed by atoms with Crippen LogP contribution in [0.2, 0.25) is 0 Å². The summed E-state index contributed by atoms with van der Waals surface area (Å²) in [5, 5.41) is 0. The van der Waals surface area contributed by atoms with Crippen molar-refractivity contribution in [1.29, 1.82) is 0 Å². The average molecular weight is 240 g/mol. The van der Waals surface area contributed by atoms with Crippen molar-refractivity contribution in [2.24, 2.45) is 0 Å². The average Bonchev–Trinajstić information content (AvgIpc) is 2.72. The van der Waals surface area contributed by atoms with E-state index in [4.69, 9.17) is 9.47 Å². The largest absolute Gasteiger partial charge is 0.497 e. The second kappa shape index (κ2) is 3.88. The lowest BCUT2D eigenvalue weighted by molar-refractivity contribution is 0.104. The summed E-state index contributed by atoms with van der Waals surface area (Å²) in [6.07, 6.45) is 0. The molecule has 90 valence electrons. The van der Waals surface area contributed by atoms with Crippen molar-refractivity contribution < 1.29 is 14.3 Å². The minimum atomic E-state index is 0.0140. The molecule has 3 rings (SSSR count). The highest BCUT2D eigenvalue weighted by Crippen LogP contribution is 2.42. The predicted octanol–water partition coefficient (Wildman–Crippen LogP) is 2.92. The van der Waals surface area contributed by atoms with Gasteiger partial charge in [-0.3, -0.25) is 4.79 Å². The van der Waals surface area contributed by atoms with Crippen LogP contribution in [-0.4, -0.2) is 20.0 Å². The molecule has 0 atom stereocenters. The second-order valence-corrected chi connectivity index (χ2v) is 4.12. The van der Waals surface area contributed by atoms with Crippen molar-refractivity contribution in [3.8, 4) is 22.6 Å². The summed E-state index contributed by atoms with van der Waals surface area (Å²) in [4.78, 5) is 12.3. The molecule has 3 heteroatoms. The lowest BCUT2D eigenvalue weighted by Gasteiger charge is -2.05. The second-order valence-electron chi connectivity index (χ2n) is 4.12. The molecule has 0 heterocycles. The molecule has 2 aromatic rings. The standard InChI is InChI=1S/C15H12O3/c1-17-9-6-7-11-12(8-9)10-4-3-5-13(18-2)14(10)15(11)16/h3-8H,1-2H3. The molecule has 0 amide bonds. The van der Waals surface area contributed by atoms with Crippen LogP contribution in [0.1, 0.15) is 15.9 Å². The first kappa shape index (κ1) is 10.8. The number of hydrogen-bond donors (Lipinski definition) is 0. The molecule has 3 nitrogen and oxygen atoms in total. The van der Waals surface area contributed by atoms with Crippen LogP contribution in [0, 0.1) is 0 Å². The maximum absolute atomic E-state index is 12.3. The smallest absolute Gasteiger partial charge is 0.198 e. The van der Waals surface area contributed by atoms with E-state index in [-0.39, 0.29) is 5.78 Å². The van der Waals surface area contributed by atoms with E-state index in [1.54, 1.807) is 32.4 Å². The van der Waals surface area contributed by atoms with Gasteiger partial charge in [0.15, 0.2) is 5.78 Å². The number of methoxy groups -OCH3 is 2. The van der Waals surface area contributed by atoms with Crippen LogP contribution in [0.5, 0.6) is 11.5 Å². The van der Waals surface area contributed by atoms with Crippen LogP contribution in [-0.2, 0) is 0 Å². The summed E-state index contributed by atoms with van der Waals surface area (Å²) in [5.74, 6) is 1.38.